The summed E-state index contributed by atoms with van der Waals surface area (Å²) in [5, 5.41) is 12.1. The molecule has 0 aromatic heterocycles. The molecular weight excluding hydrogens is 230 g/mol. The molecule has 2 N–H and O–H groups in total. The number of aliphatic hydroxyl groups excluding tert-OH is 1. The summed E-state index contributed by atoms with van der Waals surface area (Å²) >= 11 is 0. The van der Waals surface area contributed by atoms with Crippen molar-refractivity contribution in [3.05, 3.63) is 0 Å². The van der Waals surface area contributed by atoms with Crippen molar-refractivity contribution in [1.82, 2.24) is 5.32 Å². The third-order valence-electron chi connectivity index (χ3n) is 2.32. The molecule has 0 aromatic carbocycles. The summed E-state index contributed by atoms with van der Waals surface area (Å²) in [6.07, 6.45) is -0.342. The van der Waals surface area contributed by atoms with E-state index in [2.05, 4.69) is 5.32 Å². The van der Waals surface area contributed by atoms with E-state index in [0.717, 1.165) is 0 Å². The molecule has 0 aliphatic carbocycles. The molecule has 0 aromatic rings. The quantitative estimate of drug-likeness (QED) is 0.556. The normalized spacial score (nSPS) is 14.3. The van der Waals surface area contributed by atoms with E-state index < -0.39 is 15.9 Å². The van der Waals surface area contributed by atoms with Crippen molar-refractivity contribution in [2.75, 3.05) is 32.6 Å². The fourth-order valence-corrected chi connectivity index (χ4v) is 2.15. The third-order valence-corrected chi connectivity index (χ3v) is 4.56. The molecule has 0 amide bonds. The van der Waals surface area contributed by atoms with Crippen molar-refractivity contribution >= 4 is 9.84 Å². The van der Waals surface area contributed by atoms with Crippen LogP contribution in [0.4, 0.5) is 0 Å². The number of rotatable bonds is 9. The van der Waals surface area contributed by atoms with E-state index in [1.165, 1.54) is 0 Å². The molecule has 0 aliphatic rings. The van der Waals surface area contributed by atoms with E-state index in [9.17, 15) is 13.5 Å². The lowest BCUT2D eigenvalue weighted by atomic mass is 10.3. The molecule has 98 valence electrons. The molecule has 5 nitrogen and oxygen atoms in total. The maximum Gasteiger partial charge on any atom is 0.152 e. The van der Waals surface area contributed by atoms with Crippen molar-refractivity contribution in [1.29, 1.82) is 0 Å². The van der Waals surface area contributed by atoms with Gasteiger partial charge in [0.25, 0.3) is 0 Å². The second-order valence-electron chi connectivity index (χ2n) is 4.06. The van der Waals surface area contributed by atoms with E-state index in [1.54, 1.807) is 21.0 Å². The zero-order chi connectivity index (χ0) is 12.6. The maximum absolute atomic E-state index is 11.5. The Balaban J connectivity index is 3.69. The molecule has 6 heteroatoms. The van der Waals surface area contributed by atoms with E-state index in [-0.39, 0.29) is 17.4 Å². The SMILES string of the molecule is COCCNCC(O)CCS(=O)(=O)C(C)C. The van der Waals surface area contributed by atoms with Crippen LogP contribution in [-0.2, 0) is 14.6 Å². The molecular formula is C10H23NO4S. The van der Waals surface area contributed by atoms with Gasteiger partial charge in [0.05, 0.1) is 23.7 Å². The second kappa shape index (κ2) is 8.00. The van der Waals surface area contributed by atoms with Crippen LogP contribution >= 0.6 is 0 Å². The molecule has 1 atom stereocenters. The molecule has 0 rings (SSSR count). The van der Waals surface area contributed by atoms with E-state index in [4.69, 9.17) is 4.74 Å². The molecule has 0 spiro atoms. The zero-order valence-corrected chi connectivity index (χ0v) is 11.1. The van der Waals surface area contributed by atoms with Crippen LogP contribution < -0.4 is 5.32 Å². The lowest BCUT2D eigenvalue weighted by Gasteiger charge is -2.13. The van der Waals surface area contributed by atoms with Crippen LogP contribution in [0, 0.1) is 0 Å². The monoisotopic (exact) mass is 253 g/mol. The van der Waals surface area contributed by atoms with Crippen molar-refractivity contribution in [2.45, 2.75) is 31.6 Å². The van der Waals surface area contributed by atoms with Gasteiger partial charge in [-0.15, -0.1) is 0 Å². The lowest BCUT2D eigenvalue weighted by molar-refractivity contribution is 0.157. The topological polar surface area (TPSA) is 75.6 Å². The molecule has 0 bridgehead atoms. The van der Waals surface area contributed by atoms with Gasteiger partial charge in [-0.1, -0.05) is 0 Å². The Kier molecular flexibility index (Phi) is 7.91. The van der Waals surface area contributed by atoms with Gasteiger partial charge in [-0.25, -0.2) is 8.42 Å². The molecule has 16 heavy (non-hydrogen) atoms. The number of hydrogen-bond acceptors (Lipinski definition) is 5. The predicted molar refractivity (Wildman–Crippen MR) is 64.3 cm³/mol. The number of sulfone groups is 1. The van der Waals surface area contributed by atoms with Gasteiger partial charge in [0.15, 0.2) is 9.84 Å². The fourth-order valence-electron chi connectivity index (χ4n) is 1.08. The molecule has 1 unspecified atom stereocenters. The molecule has 0 heterocycles. The Bertz CT molecular complexity index is 264. The highest BCUT2D eigenvalue weighted by molar-refractivity contribution is 7.91. The first-order chi connectivity index (χ1) is 7.40. The highest BCUT2D eigenvalue weighted by Crippen LogP contribution is 2.04. The number of aliphatic hydroxyl groups is 1. The Morgan fingerprint density at radius 2 is 2.00 bits per heavy atom. The van der Waals surface area contributed by atoms with E-state index in [0.29, 0.717) is 19.7 Å². The van der Waals surface area contributed by atoms with E-state index in [1.807, 2.05) is 0 Å². The minimum atomic E-state index is -3.04. The van der Waals surface area contributed by atoms with Gasteiger partial charge in [0, 0.05) is 20.2 Å². The molecule has 0 fully saturated rings. The van der Waals surface area contributed by atoms with Gasteiger partial charge < -0.3 is 15.2 Å². The Labute approximate surface area is 98.1 Å². The lowest BCUT2D eigenvalue weighted by Crippen LogP contribution is -2.31. The summed E-state index contributed by atoms with van der Waals surface area (Å²) in [4.78, 5) is 0. The highest BCUT2D eigenvalue weighted by atomic mass is 32.2. The van der Waals surface area contributed by atoms with Crippen LogP contribution in [0.1, 0.15) is 20.3 Å². The smallest absolute Gasteiger partial charge is 0.152 e. The Morgan fingerprint density at radius 1 is 1.38 bits per heavy atom. The van der Waals surface area contributed by atoms with Crippen LogP contribution in [0.15, 0.2) is 0 Å². The number of nitrogens with one attached hydrogen (secondary N) is 1. The standard InChI is InChI=1S/C10H23NO4S/c1-9(2)16(13,14)7-4-10(12)8-11-5-6-15-3/h9-12H,4-8H2,1-3H3. The average Bonchev–Trinajstić information content (AvgIpc) is 2.21. The Morgan fingerprint density at radius 3 is 2.50 bits per heavy atom. The van der Waals surface area contributed by atoms with Crippen LogP contribution in [0.25, 0.3) is 0 Å². The van der Waals surface area contributed by atoms with Crippen molar-refractivity contribution in [3.8, 4) is 0 Å². The van der Waals surface area contributed by atoms with Gasteiger partial charge in [-0.3, -0.25) is 0 Å². The predicted octanol–water partition coefficient (Wildman–Crippen LogP) is -0.203. The first kappa shape index (κ1) is 15.8. The Hall–Kier alpha value is -0.170. The fraction of sp³-hybridized carbons (Fsp3) is 1.00. The van der Waals surface area contributed by atoms with Gasteiger partial charge >= 0.3 is 0 Å². The summed E-state index contributed by atoms with van der Waals surface area (Å²) in [6, 6.07) is 0. The largest absolute Gasteiger partial charge is 0.392 e. The van der Waals surface area contributed by atoms with E-state index >= 15 is 0 Å². The van der Waals surface area contributed by atoms with Gasteiger partial charge in [-0.05, 0) is 20.3 Å². The minimum absolute atomic E-state index is 0.0395. The minimum Gasteiger partial charge on any atom is -0.392 e. The van der Waals surface area contributed by atoms with Crippen molar-refractivity contribution < 1.29 is 18.3 Å². The van der Waals surface area contributed by atoms with Crippen LogP contribution in [0.3, 0.4) is 0 Å². The maximum atomic E-state index is 11.5. The number of methoxy groups -OCH3 is 1. The van der Waals surface area contributed by atoms with Gasteiger partial charge in [0.1, 0.15) is 0 Å². The van der Waals surface area contributed by atoms with Crippen molar-refractivity contribution in [3.63, 3.8) is 0 Å². The van der Waals surface area contributed by atoms with Gasteiger partial charge in [-0.2, -0.15) is 0 Å². The summed E-state index contributed by atoms with van der Waals surface area (Å²) in [5.74, 6) is 0.0395. The van der Waals surface area contributed by atoms with Crippen molar-refractivity contribution in [2.24, 2.45) is 0 Å². The molecule has 0 aliphatic heterocycles. The molecule has 0 radical (unpaired) electrons. The molecule has 0 saturated heterocycles. The summed E-state index contributed by atoms with van der Waals surface area (Å²) in [5.41, 5.74) is 0. The highest BCUT2D eigenvalue weighted by Gasteiger charge is 2.17. The van der Waals surface area contributed by atoms with Crippen LogP contribution in [0.2, 0.25) is 0 Å². The summed E-state index contributed by atoms with van der Waals surface area (Å²) in [7, 11) is -1.44. The average molecular weight is 253 g/mol. The van der Waals surface area contributed by atoms with Crippen LogP contribution in [-0.4, -0.2) is 57.4 Å². The summed E-state index contributed by atoms with van der Waals surface area (Å²) in [6.45, 7) is 4.94. The first-order valence-electron chi connectivity index (χ1n) is 5.49. The second-order valence-corrected chi connectivity index (χ2v) is 6.73. The summed E-state index contributed by atoms with van der Waals surface area (Å²) < 4.78 is 27.7. The number of hydrogen-bond donors (Lipinski definition) is 2. The molecule has 0 saturated carbocycles. The zero-order valence-electron chi connectivity index (χ0n) is 10.3. The third kappa shape index (κ3) is 7.16. The van der Waals surface area contributed by atoms with Gasteiger partial charge in [0.2, 0.25) is 0 Å². The van der Waals surface area contributed by atoms with Crippen LogP contribution in [0.5, 0.6) is 0 Å². The number of ether oxygens (including phenoxy) is 1. The first-order valence-corrected chi connectivity index (χ1v) is 7.21.